The summed E-state index contributed by atoms with van der Waals surface area (Å²) in [5.74, 6) is -0.845. The molecule has 4 aromatic rings. The number of hydrogen-bond acceptors (Lipinski definition) is 6. The molecule has 0 aliphatic rings. The summed E-state index contributed by atoms with van der Waals surface area (Å²) in [6.45, 7) is 2.23. The van der Waals surface area contributed by atoms with Crippen LogP contribution in [0.25, 0.3) is 16.6 Å². The van der Waals surface area contributed by atoms with Crippen LogP contribution < -0.4 is 10.9 Å². The van der Waals surface area contributed by atoms with Crippen molar-refractivity contribution in [3.05, 3.63) is 81.5 Å². The summed E-state index contributed by atoms with van der Waals surface area (Å²) in [6.07, 6.45) is 5.07. The molecule has 190 valence electrons. The van der Waals surface area contributed by atoms with Gasteiger partial charge in [0, 0.05) is 32.0 Å². The van der Waals surface area contributed by atoms with Gasteiger partial charge in [-0.3, -0.25) is 14.0 Å². The van der Waals surface area contributed by atoms with Crippen molar-refractivity contribution in [1.82, 2.24) is 19.3 Å². The number of anilines is 1. The lowest BCUT2D eigenvalue weighted by atomic mass is 10.1. The quantitative estimate of drug-likeness (QED) is 0.335. The van der Waals surface area contributed by atoms with E-state index in [9.17, 15) is 13.6 Å². The SMILES string of the molecule is COC[C@H](CC(C)OC)Nc1cc(-n2ccc3c(cnn3Cc3c(F)cccc3F)c2=O)c(Cl)cn1. The van der Waals surface area contributed by atoms with Crippen molar-refractivity contribution in [1.29, 1.82) is 0 Å². The van der Waals surface area contributed by atoms with E-state index in [1.807, 2.05) is 6.92 Å². The van der Waals surface area contributed by atoms with E-state index >= 15 is 0 Å². The highest BCUT2D eigenvalue weighted by molar-refractivity contribution is 6.32. The van der Waals surface area contributed by atoms with Crippen LogP contribution in [0.5, 0.6) is 0 Å². The molecule has 0 aliphatic carbocycles. The summed E-state index contributed by atoms with van der Waals surface area (Å²) in [5, 5.41) is 8.05. The molecule has 0 spiro atoms. The van der Waals surface area contributed by atoms with Gasteiger partial charge in [-0.15, -0.1) is 0 Å². The molecule has 3 heterocycles. The van der Waals surface area contributed by atoms with E-state index in [4.69, 9.17) is 21.1 Å². The normalized spacial score (nSPS) is 13.2. The van der Waals surface area contributed by atoms with Gasteiger partial charge in [0.2, 0.25) is 0 Å². The van der Waals surface area contributed by atoms with Crippen LogP contribution in [0.3, 0.4) is 0 Å². The van der Waals surface area contributed by atoms with Gasteiger partial charge in [-0.05, 0) is 31.5 Å². The van der Waals surface area contributed by atoms with Crippen LogP contribution in [0.4, 0.5) is 14.6 Å². The number of pyridine rings is 2. The van der Waals surface area contributed by atoms with Crippen molar-refractivity contribution in [2.75, 3.05) is 26.1 Å². The van der Waals surface area contributed by atoms with E-state index in [-0.39, 0.29) is 40.2 Å². The molecule has 0 fully saturated rings. The molecule has 8 nitrogen and oxygen atoms in total. The molecule has 1 aromatic carbocycles. The van der Waals surface area contributed by atoms with E-state index < -0.39 is 11.6 Å². The molecule has 0 radical (unpaired) electrons. The van der Waals surface area contributed by atoms with Crippen molar-refractivity contribution in [3.63, 3.8) is 0 Å². The third-order valence-electron chi connectivity index (χ3n) is 5.91. The van der Waals surface area contributed by atoms with Crippen LogP contribution in [-0.2, 0) is 16.0 Å². The molecule has 1 unspecified atom stereocenters. The second-order valence-corrected chi connectivity index (χ2v) is 8.80. The third kappa shape index (κ3) is 5.40. The third-order valence-corrected chi connectivity index (χ3v) is 6.21. The van der Waals surface area contributed by atoms with E-state index in [1.165, 1.54) is 39.8 Å². The molecule has 11 heteroatoms. The summed E-state index contributed by atoms with van der Waals surface area (Å²) in [6, 6.07) is 6.91. The maximum absolute atomic E-state index is 14.1. The Bertz CT molecular complexity index is 1400. The first-order chi connectivity index (χ1) is 17.3. The van der Waals surface area contributed by atoms with Crippen molar-refractivity contribution in [2.24, 2.45) is 0 Å². The van der Waals surface area contributed by atoms with Gasteiger partial charge >= 0.3 is 0 Å². The van der Waals surface area contributed by atoms with Gasteiger partial charge in [0.15, 0.2) is 0 Å². The van der Waals surface area contributed by atoms with Crippen molar-refractivity contribution >= 4 is 28.3 Å². The highest BCUT2D eigenvalue weighted by atomic mass is 35.5. The minimum Gasteiger partial charge on any atom is -0.383 e. The van der Waals surface area contributed by atoms with Gasteiger partial charge < -0.3 is 14.8 Å². The topological polar surface area (TPSA) is 83.2 Å². The van der Waals surface area contributed by atoms with Gasteiger partial charge in [-0.2, -0.15) is 5.10 Å². The lowest BCUT2D eigenvalue weighted by Gasteiger charge is -2.22. The second-order valence-electron chi connectivity index (χ2n) is 8.39. The fourth-order valence-electron chi connectivity index (χ4n) is 3.99. The number of methoxy groups -OCH3 is 2. The predicted octanol–water partition coefficient (Wildman–Crippen LogP) is 4.41. The number of hydrogen-bond donors (Lipinski definition) is 1. The van der Waals surface area contributed by atoms with Crippen molar-refractivity contribution in [3.8, 4) is 5.69 Å². The maximum Gasteiger partial charge on any atom is 0.266 e. The average Bonchev–Trinajstić information content (AvgIpc) is 3.27. The summed E-state index contributed by atoms with van der Waals surface area (Å²) in [7, 11) is 3.26. The van der Waals surface area contributed by atoms with Crippen LogP contribution >= 0.6 is 11.6 Å². The monoisotopic (exact) mass is 517 g/mol. The fraction of sp³-hybridized carbons (Fsp3) is 0.320. The highest BCUT2D eigenvalue weighted by Gasteiger charge is 2.17. The van der Waals surface area contributed by atoms with Gasteiger partial charge in [0.05, 0.1) is 59.3 Å². The molecule has 0 aliphatic heterocycles. The number of rotatable bonds is 10. The number of nitrogens with zero attached hydrogens (tertiary/aromatic N) is 4. The van der Waals surface area contributed by atoms with E-state index in [1.54, 1.807) is 32.5 Å². The first-order valence-electron chi connectivity index (χ1n) is 11.3. The minimum atomic E-state index is -0.678. The van der Waals surface area contributed by atoms with E-state index in [0.717, 1.165) is 0 Å². The van der Waals surface area contributed by atoms with E-state index in [0.29, 0.717) is 30.0 Å². The zero-order valence-electron chi connectivity index (χ0n) is 20.0. The minimum absolute atomic E-state index is 0.00354. The largest absolute Gasteiger partial charge is 0.383 e. The van der Waals surface area contributed by atoms with E-state index in [2.05, 4.69) is 15.4 Å². The van der Waals surface area contributed by atoms with Crippen LogP contribution in [-0.4, -0.2) is 52.3 Å². The molecule has 1 N–H and O–H groups in total. The Morgan fingerprint density at radius 1 is 1.17 bits per heavy atom. The zero-order valence-corrected chi connectivity index (χ0v) is 20.8. The first-order valence-corrected chi connectivity index (χ1v) is 11.6. The lowest BCUT2D eigenvalue weighted by Crippen LogP contribution is -2.30. The predicted molar refractivity (Wildman–Crippen MR) is 134 cm³/mol. The van der Waals surface area contributed by atoms with Gasteiger partial charge in [-0.1, -0.05) is 17.7 Å². The number of halogens is 3. The van der Waals surface area contributed by atoms with Gasteiger partial charge in [0.1, 0.15) is 17.5 Å². The number of benzene rings is 1. The molecule has 0 bridgehead atoms. The average molecular weight is 518 g/mol. The lowest BCUT2D eigenvalue weighted by molar-refractivity contribution is 0.0917. The Morgan fingerprint density at radius 2 is 1.92 bits per heavy atom. The zero-order chi connectivity index (χ0) is 25.8. The molecule has 4 rings (SSSR count). The Labute approximate surface area is 211 Å². The summed E-state index contributed by atoms with van der Waals surface area (Å²) in [4.78, 5) is 17.7. The molecule has 0 amide bonds. The molecular weight excluding hydrogens is 492 g/mol. The first kappa shape index (κ1) is 25.7. The maximum atomic E-state index is 14.1. The summed E-state index contributed by atoms with van der Waals surface area (Å²) >= 11 is 6.41. The van der Waals surface area contributed by atoms with Crippen LogP contribution in [0.15, 0.2) is 53.7 Å². The molecule has 36 heavy (non-hydrogen) atoms. The Hall–Kier alpha value is -3.34. The summed E-state index contributed by atoms with van der Waals surface area (Å²) < 4.78 is 41.7. The molecule has 0 saturated heterocycles. The highest BCUT2D eigenvalue weighted by Crippen LogP contribution is 2.24. The molecule has 2 atom stereocenters. The Morgan fingerprint density at radius 3 is 2.61 bits per heavy atom. The number of ether oxygens (including phenoxy) is 2. The number of aromatic nitrogens is 4. The Balaban J connectivity index is 1.67. The fourth-order valence-corrected chi connectivity index (χ4v) is 4.19. The molecule has 0 saturated carbocycles. The van der Waals surface area contributed by atoms with Gasteiger partial charge in [0.25, 0.3) is 5.56 Å². The van der Waals surface area contributed by atoms with Gasteiger partial charge in [-0.25, -0.2) is 13.8 Å². The standard InChI is InChI=1S/C25H26ClF2N5O3/c1-15(36-3)9-16(14-35-2)31-24-10-23(19(26)12-29-24)32-8-7-22-17(25(32)34)11-30-33(22)13-18-20(27)5-4-6-21(18)28/h4-8,10-12,15-16H,9,13-14H2,1-3H3,(H,29,31)/t15?,16-/m0/s1. The smallest absolute Gasteiger partial charge is 0.266 e. The van der Waals surface area contributed by atoms with Crippen LogP contribution in [0.1, 0.15) is 18.9 Å². The van der Waals surface area contributed by atoms with Crippen molar-refractivity contribution in [2.45, 2.75) is 32.0 Å². The van der Waals surface area contributed by atoms with Crippen LogP contribution in [0.2, 0.25) is 5.02 Å². The molecular formula is C25H26ClF2N5O3. The second kappa shape index (κ2) is 11.2. The van der Waals surface area contributed by atoms with Crippen molar-refractivity contribution < 1.29 is 18.3 Å². The summed E-state index contributed by atoms with van der Waals surface area (Å²) in [5.41, 5.74) is 0.349. The Kier molecular flexibility index (Phi) is 7.97. The number of fused-ring (bicyclic) bond motifs is 1. The van der Waals surface area contributed by atoms with Crippen LogP contribution in [0, 0.1) is 11.6 Å². The number of nitrogens with one attached hydrogen (secondary N) is 1. The molecule has 3 aromatic heterocycles.